The highest BCUT2D eigenvalue weighted by Gasteiger charge is 2.08. The van der Waals surface area contributed by atoms with Crippen LogP contribution in [0.4, 0.5) is 0 Å². The van der Waals surface area contributed by atoms with Gasteiger partial charge in [-0.2, -0.15) is 0 Å². The molecule has 0 saturated heterocycles. The summed E-state index contributed by atoms with van der Waals surface area (Å²) in [6.07, 6.45) is 0. The summed E-state index contributed by atoms with van der Waals surface area (Å²) in [6.45, 7) is 3.36. The molecule has 0 unspecified atom stereocenters. The van der Waals surface area contributed by atoms with Gasteiger partial charge in [0.15, 0.2) is 0 Å². The van der Waals surface area contributed by atoms with Gasteiger partial charge in [-0.1, -0.05) is 42.4 Å². The molecule has 2 aromatic rings. The van der Waals surface area contributed by atoms with Crippen molar-refractivity contribution in [2.75, 3.05) is 6.61 Å². The van der Waals surface area contributed by atoms with Gasteiger partial charge in [0.1, 0.15) is 12.4 Å². The van der Waals surface area contributed by atoms with Gasteiger partial charge in [-0.3, -0.25) is 0 Å². The molecule has 0 aromatic heterocycles. The molecule has 2 rings (SSSR count). The molecule has 1 N–H and O–H groups in total. The van der Waals surface area contributed by atoms with E-state index < -0.39 is 5.97 Å². The van der Waals surface area contributed by atoms with Crippen molar-refractivity contribution in [1.82, 2.24) is 0 Å². The van der Waals surface area contributed by atoms with Crippen LogP contribution in [0.5, 0.6) is 5.75 Å². The molecular weight excluding hydrogens is 252 g/mol. The number of hydrogen-bond donors (Lipinski definition) is 1. The Balaban J connectivity index is 2.32. The summed E-state index contributed by atoms with van der Waals surface area (Å²) in [7, 11) is 0. The number of aliphatic carboxylic acids is 1. The topological polar surface area (TPSA) is 46.5 Å². The molecule has 0 spiro atoms. The standard InChI is InChI=1S/C14H11ClO3/c1-9(14(16)17)8-18-13-7-6-12(15)10-4-2-3-5-11(10)13/h2-7H,1,8H2,(H,16,17). The molecule has 0 fully saturated rings. The van der Waals surface area contributed by atoms with Crippen LogP contribution in [0.2, 0.25) is 5.02 Å². The molecule has 0 heterocycles. The highest BCUT2D eigenvalue weighted by Crippen LogP contribution is 2.31. The number of carbonyl (C=O) groups is 1. The smallest absolute Gasteiger partial charge is 0.334 e. The Bertz CT molecular complexity index is 619. The maximum Gasteiger partial charge on any atom is 0.334 e. The van der Waals surface area contributed by atoms with E-state index in [1.807, 2.05) is 24.3 Å². The summed E-state index contributed by atoms with van der Waals surface area (Å²) >= 11 is 6.07. The van der Waals surface area contributed by atoms with Crippen molar-refractivity contribution in [3.63, 3.8) is 0 Å². The lowest BCUT2D eigenvalue weighted by Crippen LogP contribution is -2.09. The highest BCUT2D eigenvalue weighted by molar-refractivity contribution is 6.35. The van der Waals surface area contributed by atoms with E-state index >= 15 is 0 Å². The van der Waals surface area contributed by atoms with Gasteiger partial charge in [0.05, 0.1) is 5.57 Å². The van der Waals surface area contributed by atoms with E-state index in [2.05, 4.69) is 6.58 Å². The average molecular weight is 263 g/mol. The van der Waals surface area contributed by atoms with Crippen molar-refractivity contribution in [1.29, 1.82) is 0 Å². The molecule has 0 bridgehead atoms. The number of rotatable bonds is 4. The third-order valence-electron chi connectivity index (χ3n) is 2.54. The minimum absolute atomic E-state index is 0.00836. The van der Waals surface area contributed by atoms with Crippen molar-refractivity contribution in [2.24, 2.45) is 0 Å². The van der Waals surface area contributed by atoms with E-state index in [1.54, 1.807) is 12.1 Å². The Labute approximate surface area is 109 Å². The quantitative estimate of drug-likeness (QED) is 0.858. The van der Waals surface area contributed by atoms with E-state index in [-0.39, 0.29) is 12.2 Å². The van der Waals surface area contributed by atoms with E-state index in [1.165, 1.54) is 0 Å². The van der Waals surface area contributed by atoms with Gasteiger partial charge in [0.2, 0.25) is 0 Å². The molecule has 0 aliphatic rings. The minimum Gasteiger partial charge on any atom is -0.488 e. The van der Waals surface area contributed by atoms with E-state index in [0.717, 1.165) is 10.8 Å². The van der Waals surface area contributed by atoms with Crippen LogP contribution in [-0.4, -0.2) is 17.7 Å². The zero-order valence-electron chi connectivity index (χ0n) is 9.52. The Morgan fingerprint density at radius 2 is 1.89 bits per heavy atom. The van der Waals surface area contributed by atoms with Crippen LogP contribution in [0, 0.1) is 0 Å². The number of fused-ring (bicyclic) bond motifs is 1. The zero-order valence-corrected chi connectivity index (χ0v) is 10.3. The predicted molar refractivity (Wildman–Crippen MR) is 71.2 cm³/mol. The number of hydrogen-bond acceptors (Lipinski definition) is 2. The van der Waals surface area contributed by atoms with E-state index in [9.17, 15) is 4.79 Å². The molecule has 0 radical (unpaired) electrons. The predicted octanol–water partition coefficient (Wildman–Crippen LogP) is 3.51. The van der Waals surface area contributed by atoms with Crippen LogP contribution >= 0.6 is 11.6 Å². The molecule has 3 nitrogen and oxygen atoms in total. The van der Waals surface area contributed by atoms with E-state index in [4.69, 9.17) is 21.4 Å². The Kier molecular flexibility index (Phi) is 3.53. The second kappa shape index (κ2) is 5.10. The number of benzene rings is 2. The summed E-state index contributed by atoms with van der Waals surface area (Å²) in [4.78, 5) is 10.6. The lowest BCUT2D eigenvalue weighted by Gasteiger charge is -2.10. The average Bonchev–Trinajstić information content (AvgIpc) is 2.38. The lowest BCUT2D eigenvalue weighted by molar-refractivity contribution is -0.133. The van der Waals surface area contributed by atoms with Gasteiger partial charge in [-0.05, 0) is 12.1 Å². The minimum atomic E-state index is -1.06. The molecular formula is C14H11ClO3. The molecule has 0 saturated carbocycles. The summed E-state index contributed by atoms with van der Waals surface area (Å²) in [5, 5.41) is 11.1. The van der Waals surface area contributed by atoms with Gasteiger partial charge in [-0.15, -0.1) is 0 Å². The lowest BCUT2D eigenvalue weighted by atomic mass is 10.1. The Morgan fingerprint density at radius 3 is 2.56 bits per heavy atom. The molecule has 4 heteroatoms. The fourth-order valence-corrected chi connectivity index (χ4v) is 1.81. The van der Waals surface area contributed by atoms with Crippen molar-refractivity contribution < 1.29 is 14.6 Å². The van der Waals surface area contributed by atoms with Gasteiger partial charge in [0.25, 0.3) is 0 Å². The molecule has 0 amide bonds. The second-order valence-corrected chi connectivity index (χ2v) is 4.20. The SMILES string of the molecule is C=C(COc1ccc(Cl)c2ccccc12)C(=O)O. The van der Waals surface area contributed by atoms with Gasteiger partial charge in [-0.25, -0.2) is 4.79 Å². The first-order valence-electron chi connectivity index (χ1n) is 5.30. The first kappa shape index (κ1) is 12.5. The van der Waals surface area contributed by atoms with Crippen molar-refractivity contribution >= 4 is 28.3 Å². The van der Waals surface area contributed by atoms with Crippen molar-refractivity contribution in [2.45, 2.75) is 0 Å². The van der Waals surface area contributed by atoms with Gasteiger partial charge in [0, 0.05) is 15.8 Å². The molecule has 92 valence electrons. The zero-order chi connectivity index (χ0) is 13.1. The molecule has 0 atom stereocenters. The number of carboxylic acid groups (broad SMARTS) is 1. The van der Waals surface area contributed by atoms with Gasteiger partial charge >= 0.3 is 5.97 Å². The largest absolute Gasteiger partial charge is 0.488 e. The number of halogens is 1. The summed E-state index contributed by atoms with van der Waals surface area (Å²) < 4.78 is 5.46. The van der Waals surface area contributed by atoms with Crippen LogP contribution in [-0.2, 0) is 4.79 Å². The molecule has 2 aromatic carbocycles. The molecule has 0 aliphatic carbocycles. The second-order valence-electron chi connectivity index (χ2n) is 3.79. The molecule has 18 heavy (non-hydrogen) atoms. The van der Waals surface area contributed by atoms with Crippen LogP contribution in [0.3, 0.4) is 0 Å². The van der Waals surface area contributed by atoms with Crippen LogP contribution < -0.4 is 4.74 Å². The summed E-state index contributed by atoms with van der Waals surface area (Å²) in [6, 6.07) is 11.0. The van der Waals surface area contributed by atoms with Crippen molar-refractivity contribution in [3.8, 4) is 5.75 Å². The first-order valence-corrected chi connectivity index (χ1v) is 5.68. The van der Waals surface area contributed by atoms with Crippen molar-refractivity contribution in [3.05, 3.63) is 53.6 Å². The van der Waals surface area contributed by atoms with Crippen LogP contribution in [0.25, 0.3) is 10.8 Å². The Hall–Kier alpha value is -2.00. The van der Waals surface area contributed by atoms with Gasteiger partial charge < -0.3 is 9.84 Å². The number of carboxylic acids is 1. The summed E-state index contributed by atoms with van der Waals surface area (Å²) in [5.41, 5.74) is 0.00836. The fourth-order valence-electron chi connectivity index (χ4n) is 1.59. The maximum atomic E-state index is 10.6. The Morgan fingerprint density at radius 1 is 1.22 bits per heavy atom. The maximum absolute atomic E-state index is 10.6. The van der Waals surface area contributed by atoms with Crippen LogP contribution in [0.15, 0.2) is 48.6 Å². The van der Waals surface area contributed by atoms with Crippen LogP contribution in [0.1, 0.15) is 0 Å². The summed E-state index contributed by atoms with van der Waals surface area (Å²) in [5.74, 6) is -0.467. The molecule has 0 aliphatic heterocycles. The third kappa shape index (κ3) is 2.46. The highest BCUT2D eigenvalue weighted by atomic mass is 35.5. The number of ether oxygens (including phenoxy) is 1. The fraction of sp³-hybridized carbons (Fsp3) is 0.0714. The third-order valence-corrected chi connectivity index (χ3v) is 2.86. The van der Waals surface area contributed by atoms with E-state index in [0.29, 0.717) is 10.8 Å². The first-order chi connectivity index (χ1) is 8.59. The normalized spacial score (nSPS) is 10.3. The monoisotopic (exact) mass is 262 g/mol.